The van der Waals surface area contributed by atoms with Crippen molar-refractivity contribution in [3.63, 3.8) is 0 Å². The van der Waals surface area contributed by atoms with E-state index in [0.717, 1.165) is 29.9 Å². The van der Waals surface area contributed by atoms with Crippen LogP contribution in [0.5, 0.6) is 17.2 Å². The van der Waals surface area contributed by atoms with Gasteiger partial charge in [-0.1, -0.05) is 11.8 Å². The number of carbonyl (C=O) groups is 1. The number of anilines is 1. The van der Waals surface area contributed by atoms with Crippen LogP contribution in [0.25, 0.3) is 10.9 Å². The molecule has 0 atom stereocenters. The van der Waals surface area contributed by atoms with E-state index in [1.54, 1.807) is 13.2 Å². The van der Waals surface area contributed by atoms with Crippen molar-refractivity contribution in [2.45, 2.75) is 5.03 Å². The van der Waals surface area contributed by atoms with Crippen LogP contribution in [0, 0.1) is 11.3 Å². The van der Waals surface area contributed by atoms with E-state index in [0.29, 0.717) is 40.7 Å². The molecule has 1 fully saturated rings. The molecular formula is C24H22N4O4S. The molecule has 1 aromatic heterocycles. The number of aromatic nitrogens is 1. The maximum absolute atomic E-state index is 12.8. The van der Waals surface area contributed by atoms with Crippen LogP contribution in [0.4, 0.5) is 5.69 Å². The lowest BCUT2D eigenvalue weighted by atomic mass is 10.1. The van der Waals surface area contributed by atoms with Crippen LogP contribution < -0.4 is 19.1 Å². The van der Waals surface area contributed by atoms with Gasteiger partial charge >= 0.3 is 0 Å². The second-order valence-electron chi connectivity index (χ2n) is 7.71. The molecule has 1 amide bonds. The monoisotopic (exact) mass is 462 g/mol. The van der Waals surface area contributed by atoms with Crippen molar-refractivity contribution in [2.24, 2.45) is 0 Å². The number of hydrogen-bond acceptors (Lipinski definition) is 8. The van der Waals surface area contributed by atoms with Crippen LogP contribution in [0.2, 0.25) is 0 Å². The molecule has 0 bridgehead atoms. The Morgan fingerprint density at radius 3 is 2.55 bits per heavy atom. The molecular weight excluding hydrogens is 440 g/mol. The number of thioether (sulfide) groups is 1. The van der Waals surface area contributed by atoms with Crippen molar-refractivity contribution in [2.75, 3.05) is 50.7 Å². The minimum Gasteiger partial charge on any atom is -0.497 e. The van der Waals surface area contributed by atoms with Gasteiger partial charge < -0.3 is 24.0 Å². The van der Waals surface area contributed by atoms with Gasteiger partial charge in [0.05, 0.1) is 23.9 Å². The first-order valence-corrected chi connectivity index (χ1v) is 11.6. The third-order valence-corrected chi connectivity index (χ3v) is 6.77. The Kier molecular flexibility index (Phi) is 5.84. The van der Waals surface area contributed by atoms with E-state index < -0.39 is 0 Å². The molecule has 0 spiro atoms. The second-order valence-corrected chi connectivity index (χ2v) is 8.67. The Balaban J connectivity index is 1.22. The number of benzene rings is 2. The van der Waals surface area contributed by atoms with Crippen LogP contribution in [0.3, 0.4) is 0 Å². The summed E-state index contributed by atoms with van der Waals surface area (Å²) >= 11 is 1.30. The van der Waals surface area contributed by atoms with Gasteiger partial charge in [0.25, 0.3) is 0 Å². The number of amides is 1. The quantitative estimate of drug-likeness (QED) is 0.534. The van der Waals surface area contributed by atoms with E-state index in [-0.39, 0.29) is 18.5 Å². The molecule has 1 saturated heterocycles. The molecule has 0 N–H and O–H groups in total. The number of nitriles is 1. The molecule has 2 aromatic carbocycles. The van der Waals surface area contributed by atoms with E-state index in [2.05, 4.69) is 16.0 Å². The van der Waals surface area contributed by atoms with Crippen molar-refractivity contribution in [3.8, 4) is 23.3 Å². The lowest BCUT2D eigenvalue weighted by Crippen LogP contribution is -2.49. The van der Waals surface area contributed by atoms with Crippen LogP contribution in [-0.4, -0.2) is 61.6 Å². The topological polar surface area (TPSA) is 87.9 Å². The van der Waals surface area contributed by atoms with Gasteiger partial charge in [-0.3, -0.25) is 4.79 Å². The first kappa shape index (κ1) is 21.2. The molecule has 3 aromatic rings. The average Bonchev–Trinajstić information content (AvgIpc) is 3.32. The van der Waals surface area contributed by atoms with Gasteiger partial charge in [-0.05, 0) is 36.4 Å². The SMILES string of the molecule is COc1ccc(N2CCN(C(=O)CSc3nc4cc5c(cc4cc3C#N)OCO5)CC2)cc1. The number of ether oxygens (including phenoxy) is 3. The molecule has 2 aliphatic rings. The average molecular weight is 463 g/mol. The van der Waals surface area contributed by atoms with Crippen molar-refractivity contribution in [1.29, 1.82) is 5.26 Å². The fraction of sp³-hybridized carbons (Fsp3) is 0.292. The summed E-state index contributed by atoms with van der Waals surface area (Å²) in [7, 11) is 1.65. The van der Waals surface area contributed by atoms with E-state index >= 15 is 0 Å². The molecule has 8 nitrogen and oxygen atoms in total. The minimum atomic E-state index is 0.0471. The second kappa shape index (κ2) is 9.08. The third-order valence-electron chi connectivity index (χ3n) is 5.80. The molecule has 0 unspecified atom stereocenters. The van der Waals surface area contributed by atoms with E-state index in [9.17, 15) is 10.1 Å². The Labute approximate surface area is 195 Å². The molecule has 168 valence electrons. The fourth-order valence-electron chi connectivity index (χ4n) is 3.96. The lowest BCUT2D eigenvalue weighted by Gasteiger charge is -2.36. The van der Waals surface area contributed by atoms with E-state index in [1.165, 1.54) is 11.8 Å². The van der Waals surface area contributed by atoms with Gasteiger partial charge in [-0.15, -0.1) is 0 Å². The summed E-state index contributed by atoms with van der Waals surface area (Å²) in [6.45, 7) is 3.04. The van der Waals surface area contributed by atoms with Crippen LogP contribution in [0.15, 0.2) is 47.5 Å². The number of pyridine rings is 1. The number of methoxy groups -OCH3 is 1. The van der Waals surface area contributed by atoms with Gasteiger partial charge in [-0.25, -0.2) is 4.98 Å². The molecule has 3 heterocycles. The summed E-state index contributed by atoms with van der Waals surface area (Å²) in [5.41, 5.74) is 2.28. The molecule has 9 heteroatoms. The summed E-state index contributed by atoms with van der Waals surface area (Å²) in [5.74, 6) is 2.40. The Morgan fingerprint density at radius 1 is 1.12 bits per heavy atom. The Hall–Kier alpha value is -3.64. The molecule has 33 heavy (non-hydrogen) atoms. The van der Waals surface area contributed by atoms with Gasteiger partial charge in [0.2, 0.25) is 12.7 Å². The van der Waals surface area contributed by atoms with Crippen LogP contribution in [0.1, 0.15) is 5.56 Å². The Morgan fingerprint density at radius 2 is 1.85 bits per heavy atom. The predicted octanol–water partition coefficient (Wildman–Crippen LogP) is 3.28. The third kappa shape index (κ3) is 4.34. The maximum atomic E-state index is 12.8. The first-order valence-electron chi connectivity index (χ1n) is 10.6. The minimum absolute atomic E-state index is 0.0471. The zero-order chi connectivity index (χ0) is 22.8. The van der Waals surface area contributed by atoms with Crippen molar-refractivity contribution in [1.82, 2.24) is 9.88 Å². The number of nitrogens with zero attached hydrogens (tertiary/aromatic N) is 4. The number of hydrogen-bond donors (Lipinski definition) is 0. The highest BCUT2D eigenvalue weighted by Crippen LogP contribution is 2.37. The van der Waals surface area contributed by atoms with Crippen molar-refractivity contribution >= 4 is 34.3 Å². The van der Waals surface area contributed by atoms with Crippen molar-refractivity contribution in [3.05, 3.63) is 48.0 Å². The molecule has 5 rings (SSSR count). The van der Waals surface area contributed by atoms with Gasteiger partial charge in [-0.2, -0.15) is 5.26 Å². The number of fused-ring (bicyclic) bond motifs is 2. The highest BCUT2D eigenvalue weighted by Gasteiger charge is 2.22. The fourth-order valence-corrected chi connectivity index (χ4v) is 4.83. The van der Waals surface area contributed by atoms with Crippen LogP contribution >= 0.6 is 11.8 Å². The lowest BCUT2D eigenvalue weighted by molar-refractivity contribution is -0.128. The predicted molar refractivity (Wildman–Crippen MR) is 125 cm³/mol. The number of carbonyl (C=O) groups excluding carboxylic acids is 1. The molecule has 2 aliphatic heterocycles. The standard InChI is InChI=1S/C24H22N4O4S/c1-30-19-4-2-18(3-5-19)27-6-8-28(9-7-27)23(29)14-33-24-17(13-25)10-16-11-21-22(32-15-31-21)12-20(16)26-24/h2-5,10-12H,6-9,14-15H2,1H3. The zero-order valence-electron chi connectivity index (χ0n) is 18.1. The van der Waals surface area contributed by atoms with Crippen molar-refractivity contribution < 1.29 is 19.0 Å². The van der Waals surface area contributed by atoms with E-state index in [4.69, 9.17) is 14.2 Å². The summed E-state index contributed by atoms with van der Waals surface area (Å²) < 4.78 is 16.1. The summed E-state index contributed by atoms with van der Waals surface area (Å²) in [4.78, 5) is 21.6. The normalized spacial score (nSPS) is 14.9. The van der Waals surface area contributed by atoms with Crippen LogP contribution in [-0.2, 0) is 4.79 Å². The number of piperazine rings is 1. The molecule has 0 aliphatic carbocycles. The van der Waals surface area contributed by atoms with Gasteiger partial charge in [0.15, 0.2) is 11.5 Å². The largest absolute Gasteiger partial charge is 0.497 e. The van der Waals surface area contributed by atoms with Gasteiger partial charge in [0.1, 0.15) is 16.8 Å². The summed E-state index contributed by atoms with van der Waals surface area (Å²) in [6.07, 6.45) is 0. The zero-order valence-corrected chi connectivity index (χ0v) is 18.9. The first-order chi connectivity index (χ1) is 16.1. The molecule has 0 radical (unpaired) electrons. The Bertz CT molecular complexity index is 1230. The molecule has 0 saturated carbocycles. The number of rotatable bonds is 5. The van der Waals surface area contributed by atoms with E-state index in [1.807, 2.05) is 41.3 Å². The summed E-state index contributed by atoms with van der Waals surface area (Å²) in [5, 5.41) is 10.9. The highest BCUT2D eigenvalue weighted by molar-refractivity contribution is 8.00. The maximum Gasteiger partial charge on any atom is 0.233 e. The highest BCUT2D eigenvalue weighted by atomic mass is 32.2. The van der Waals surface area contributed by atoms with Gasteiger partial charge in [0, 0.05) is 43.3 Å². The summed E-state index contributed by atoms with van der Waals surface area (Å²) in [6, 6.07) is 15.6. The smallest absolute Gasteiger partial charge is 0.233 e.